The van der Waals surface area contributed by atoms with E-state index >= 15 is 0 Å². The summed E-state index contributed by atoms with van der Waals surface area (Å²) < 4.78 is 2.40. The van der Waals surface area contributed by atoms with E-state index in [-0.39, 0.29) is 0 Å². The van der Waals surface area contributed by atoms with Crippen molar-refractivity contribution in [3.05, 3.63) is 146 Å². The van der Waals surface area contributed by atoms with E-state index in [9.17, 15) is 0 Å². The first kappa shape index (κ1) is 21.0. The molecule has 178 valence electrons. The van der Waals surface area contributed by atoms with Crippen molar-refractivity contribution in [2.24, 2.45) is 0 Å². The van der Waals surface area contributed by atoms with Crippen molar-refractivity contribution in [3.8, 4) is 27.9 Å². The van der Waals surface area contributed by atoms with E-state index in [1.165, 1.54) is 61.1 Å². The molecule has 7 aromatic rings. The Balaban J connectivity index is 1.56. The summed E-state index contributed by atoms with van der Waals surface area (Å²) in [4.78, 5) is 2.43. The van der Waals surface area contributed by atoms with E-state index in [4.69, 9.17) is 0 Å². The summed E-state index contributed by atoms with van der Waals surface area (Å²) >= 11 is 0. The predicted octanol–water partition coefficient (Wildman–Crippen LogP) is 9.90. The monoisotopic (exact) mass is 484 g/mol. The molecule has 0 spiro atoms. The number of para-hydroxylation sites is 4. The van der Waals surface area contributed by atoms with Gasteiger partial charge in [-0.2, -0.15) is 0 Å². The lowest BCUT2D eigenvalue weighted by atomic mass is 9.94. The first-order valence-electron chi connectivity index (χ1n) is 13.0. The van der Waals surface area contributed by atoms with Gasteiger partial charge in [-0.05, 0) is 59.7 Å². The van der Waals surface area contributed by atoms with Gasteiger partial charge in [0, 0.05) is 33.3 Å². The van der Waals surface area contributed by atoms with Crippen LogP contribution in [0.2, 0.25) is 0 Å². The second kappa shape index (κ2) is 8.22. The summed E-state index contributed by atoms with van der Waals surface area (Å²) in [5.41, 5.74) is 12.1. The van der Waals surface area contributed by atoms with E-state index in [2.05, 4.69) is 155 Å². The van der Waals surface area contributed by atoms with Crippen LogP contribution in [0.15, 0.2) is 146 Å². The Labute approximate surface area is 221 Å². The smallest absolute Gasteiger partial charge is 0.0548 e. The molecular formula is C36H24N2. The fraction of sp³-hybridized carbons (Fsp3) is 0. The Kier molecular flexibility index (Phi) is 4.55. The van der Waals surface area contributed by atoms with Crippen LogP contribution < -0.4 is 4.90 Å². The Morgan fingerprint density at radius 3 is 1.68 bits per heavy atom. The normalized spacial score (nSPS) is 12.2. The van der Waals surface area contributed by atoms with Crippen molar-refractivity contribution >= 4 is 38.9 Å². The number of benzene rings is 6. The van der Waals surface area contributed by atoms with Gasteiger partial charge in [-0.3, -0.25) is 0 Å². The van der Waals surface area contributed by atoms with E-state index in [1.54, 1.807) is 0 Å². The van der Waals surface area contributed by atoms with Crippen molar-refractivity contribution in [1.82, 2.24) is 4.57 Å². The van der Waals surface area contributed by atoms with Crippen LogP contribution in [0.25, 0.3) is 49.7 Å². The van der Waals surface area contributed by atoms with Crippen molar-refractivity contribution in [2.45, 2.75) is 0 Å². The number of aromatic nitrogens is 1. The average Bonchev–Trinajstić information content (AvgIpc) is 3.25. The molecule has 0 aliphatic carbocycles. The van der Waals surface area contributed by atoms with Gasteiger partial charge in [0.15, 0.2) is 0 Å². The molecule has 2 heteroatoms. The minimum absolute atomic E-state index is 1.15. The van der Waals surface area contributed by atoms with Crippen LogP contribution in [0.1, 0.15) is 0 Å². The number of nitrogens with zero attached hydrogens (tertiary/aromatic N) is 2. The molecule has 1 aliphatic rings. The van der Waals surface area contributed by atoms with Crippen molar-refractivity contribution in [3.63, 3.8) is 0 Å². The minimum atomic E-state index is 1.15. The Bertz CT molecular complexity index is 1970. The van der Waals surface area contributed by atoms with Crippen LogP contribution in [-0.4, -0.2) is 4.57 Å². The standard InChI is InChI=1S/C36H24N2/c1-3-13-25(14-4-1)37-33-21-11-9-19-29(33)27-17-7-8-18-28(27)31-23-36-32(24-35(31)37)30-20-10-12-22-34(30)38(36)26-15-5-2-6-16-26/h1-24H. The van der Waals surface area contributed by atoms with E-state index < -0.39 is 0 Å². The topological polar surface area (TPSA) is 8.17 Å². The molecule has 0 saturated carbocycles. The highest BCUT2D eigenvalue weighted by molar-refractivity contribution is 6.14. The summed E-state index contributed by atoms with van der Waals surface area (Å²) in [6.07, 6.45) is 0. The summed E-state index contributed by atoms with van der Waals surface area (Å²) in [7, 11) is 0. The number of rotatable bonds is 2. The molecule has 0 radical (unpaired) electrons. The summed E-state index contributed by atoms with van der Waals surface area (Å²) in [5.74, 6) is 0. The van der Waals surface area contributed by atoms with Gasteiger partial charge in [0.05, 0.1) is 22.4 Å². The zero-order valence-electron chi connectivity index (χ0n) is 20.8. The maximum absolute atomic E-state index is 2.43. The molecule has 0 bridgehead atoms. The van der Waals surface area contributed by atoms with E-state index in [0.717, 1.165) is 5.69 Å². The van der Waals surface area contributed by atoms with Gasteiger partial charge in [-0.25, -0.2) is 0 Å². The summed E-state index contributed by atoms with van der Waals surface area (Å²) in [6.45, 7) is 0. The third kappa shape index (κ3) is 3.01. The number of fused-ring (bicyclic) bond motifs is 8. The van der Waals surface area contributed by atoms with Crippen LogP contribution in [-0.2, 0) is 0 Å². The SMILES string of the molecule is c1ccc(N2c3ccccc3-c3ccccc3-c3cc4c(cc32)c2ccccc2n4-c2ccccc2)cc1. The Morgan fingerprint density at radius 2 is 0.921 bits per heavy atom. The van der Waals surface area contributed by atoms with Crippen molar-refractivity contribution < 1.29 is 0 Å². The summed E-state index contributed by atoms with van der Waals surface area (Å²) in [6, 6.07) is 52.6. The fourth-order valence-electron chi connectivity index (χ4n) is 6.09. The fourth-order valence-corrected chi connectivity index (χ4v) is 6.09. The number of hydrogen-bond donors (Lipinski definition) is 0. The lowest BCUT2D eigenvalue weighted by Gasteiger charge is -2.27. The minimum Gasteiger partial charge on any atom is -0.309 e. The Hall–Kier alpha value is -5.08. The molecule has 8 rings (SSSR count). The highest BCUT2D eigenvalue weighted by atomic mass is 15.2. The number of hydrogen-bond acceptors (Lipinski definition) is 1. The second-order valence-corrected chi connectivity index (χ2v) is 9.81. The molecule has 0 fully saturated rings. The highest BCUT2D eigenvalue weighted by Gasteiger charge is 2.27. The maximum Gasteiger partial charge on any atom is 0.0548 e. The molecule has 0 amide bonds. The first-order valence-corrected chi connectivity index (χ1v) is 13.0. The Morgan fingerprint density at radius 1 is 0.342 bits per heavy atom. The zero-order valence-corrected chi connectivity index (χ0v) is 20.8. The van der Waals surface area contributed by atoms with Gasteiger partial charge < -0.3 is 9.47 Å². The molecule has 38 heavy (non-hydrogen) atoms. The quantitative estimate of drug-likeness (QED) is 0.237. The van der Waals surface area contributed by atoms with Crippen LogP contribution in [0.3, 0.4) is 0 Å². The molecule has 6 aromatic carbocycles. The molecule has 0 atom stereocenters. The highest BCUT2D eigenvalue weighted by Crippen LogP contribution is 2.52. The van der Waals surface area contributed by atoms with Gasteiger partial charge in [0.25, 0.3) is 0 Å². The molecule has 0 saturated heterocycles. The van der Waals surface area contributed by atoms with Crippen LogP contribution in [0, 0.1) is 0 Å². The van der Waals surface area contributed by atoms with E-state index in [0.29, 0.717) is 0 Å². The lowest BCUT2D eigenvalue weighted by Crippen LogP contribution is -2.10. The molecule has 1 aromatic heterocycles. The van der Waals surface area contributed by atoms with Crippen molar-refractivity contribution in [1.29, 1.82) is 0 Å². The lowest BCUT2D eigenvalue weighted by molar-refractivity contribution is 1.18. The third-order valence-corrected chi connectivity index (χ3v) is 7.71. The van der Waals surface area contributed by atoms with Gasteiger partial charge in [0.2, 0.25) is 0 Å². The maximum atomic E-state index is 2.43. The van der Waals surface area contributed by atoms with E-state index in [1.807, 2.05) is 0 Å². The van der Waals surface area contributed by atoms with Crippen molar-refractivity contribution in [2.75, 3.05) is 4.90 Å². The molecule has 0 unspecified atom stereocenters. The van der Waals surface area contributed by atoms with Gasteiger partial charge >= 0.3 is 0 Å². The van der Waals surface area contributed by atoms with Crippen LogP contribution in [0.5, 0.6) is 0 Å². The largest absolute Gasteiger partial charge is 0.309 e. The molecule has 2 heterocycles. The molecule has 1 aliphatic heterocycles. The number of anilines is 3. The molecular weight excluding hydrogens is 460 g/mol. The predicted molar refractivity (Wildman–Crippen MR) is 160 cm³/mol. The van der Waals surface area contributed by atoms with Gasteiger partial charge in [-0.15, -0.1) is 0 Å². The van der Waals surface area contributed by atoms with Crippen LogP contribution >= 0.6 is 0 Å². The summed E-state index contributed by atoms with van der Waals surface area (Å²) in [5, 5.41) is 2.51. The molecule has 0 N–H and O–H groups in total. The van der Waals surface area contributed by atoms with Gasteiger partial charge in [-0.1, -0.05) is 97.1 Å². The average molecular weight is 485 g/mol. The molecule has 2 nitrogen and oxygen atoms in total. The zero-order chi connectivity index (χ0) is 25.1. The third-order valence-electron chi connectivity index (χ3n) is 7.71. The second-order valence-electron chi connectivity index (χ2n) is 9.81. The van der Waals surface area contributed by atoms with Crippen LogP contribution in [0.4, 0.5) is 17.1 Å². The van der Waals surface area contributed by atoms with Gasteiger partial charge in [0.1, 0.15) is 0 Å². The first-order chi connectivity index (χ1) is 18.9.